The molecule has 122 valence electrons. The van der Waals surface area contributed by atoms with E-state index in [0.29, 0.717) is 0 Å². The Morgan fingerprint density at radius 2 is 1.77 bits per heavy atom. The number of aromatic nitrogens is 2. The highest BCUT2D eigenvalue weighted by molar-refractivity contribution is 7.11. The van der Waals surface area contributed by atoms with Crippen molar-refractivity contribution >= 4 is 22.7 Å². The smallest absolute Gasteiger partial charge is 0.106 e. The molecule has 2 rings (SSSR count). The Labute approximate surface area is 141 Å². The maximum atomic E-state index is 4.57. The van der Waals surface area contributed by atoms with Crippen LogP contribution >= 0.6 is 22.7 Å². The Hall–Kier alpha value is -0.820. The van der Waals surface area contributed by atoms with E-state index in [1.165, 1.54) is 9.88 Å². The Kier molecular flexibility index (Phi) is 5.71. The highest BCUT2D eigenvalue weighted by atomic mass is 32.1. The van der Waals surface area contributed by atoms with Gasteiger partial charge in [-0.15, -0.1) is 22.7 Å². The number of nitrogens with zero attached hydrogens (tertiary/aromatic N) is 2. The van der Waals surface area contributed by atoms with Crippen molar-refractivity contribution in [3.63, 3.8) is 0 Å². The first-order valence-corrected chi connectivity index (χ1v) is 9.25. The SMILES string of the molecule is CC(C)(C)NCc1cnc(CC(C)(C)NCc2nccs2)s1. The van der Waals surface area contributed by atoms with Gasteiger partial charge in [-0.05, 0) is 34.6 Å². The van der Waals surface area contributed by atoms with Crippen molar-refractivity contribution in [2.75, 3.05) is 0 Å². The standard InChI is InChI=1S/C16H26N4S2/c1-15(2,3)19-10-12-9-18-13(22-12)8-16(4,5)20-11-14-17-6-7-21-14/h6-7,9,19-20H,8,10-11H2,1-5H3. The van der Waals surface area contributed by atoms with Gasteiger partial charge in [0, 0.05) is 53.2 Å². The van der Waals surface area contributed by atoms with Crippen LogP contribution < -0.4 is 10.6 Å². The summed E-state index contributed by atoms with van der Waals surface area (Å²) in [5.41, 5.74) is 0.150. The van der Waals surface area contributed by atoms with Crippen molar-refractivity contribution in [3.05, 3.63) is 32.7 Å². The Bertz CT molecular complexity index is 567. The molecule has 0 radical (unpaired) electrons. The zero-order valence-electron chi connectivity index (χ0n) is 14.1. The molecule has 0 saturated carbocycles. The van der Waals surface area contributed by atoms with Crippen molar-refractivity contribution in [2.45, 2.75) is 65.2 Å². The lowest BCUT2D eigenvalue weighted by molar-refractivity contribution is 0.383. The van der Waals surface area contributed by atoms with Crippen LogP contribution in [-0.2, 0) is 19.5 Å². The second kappa shape index (κ2) is 7.17. The molecule has 0 atom stereocenters. The first kappa shape index (κ1) is 17.5. The van der Waals surface area contributed by atoms with Gasteiger partial charge in [-0.3, -0.25) is 0 Å². The lowest BCUT2D eigenvalue weighted by atomic mass is 10.0. The second-order valence-electron chi connectivity index (χ2n) is 7.16. The van der Waals surface area contributed by atoms with Crippen LogP contribution in [0.3, 0.4) is 0 Å². The molecule has 2 aromatic heterocycles. The summed E-state index contributed by atoms with van der Waals surface area (Å²) < 4.78 is 0. The topological polar surface area (TPSA) is 49.8 Å². The van der Waals surface area contributed by atoms with Gasteiger partial charge in [0.15, 0.2) is 0 Å². The van der Waals surface area contributed by atoms with Gasteiger partial charge in [-0.1, -0.05) is 0 Å². The average molecular weight is 339 g/mol. The predicted molar refractivity (Wildman–Crippen MR) is 95.4 cm³/mol. The van der Waals surface area contributed by atoms with E-state index in [1.54, 1.807) is 22.7 Å². The van der Waals surface area contributed by atoms with E-state index in [0.717, 1.165) is 24.5 Å². The molecule has 0 fully saturated rings. The third kappa shape index (κ3) is 6.12. The molecule has 0 bridgehead atoms. The quantitative estimate of drug-likeness (QED) is 0.810. The normalized spacial score (nSPS) is 12.8. The third-order valence-corrected chi connectivity index (χ3v) is 4.97. The third-order valence-electron chi connectivity index (χ3n) is 3.19. The Morgan fingerprint density at radius 1 is 1.00 bits per heavy atom. The molecule has 2 N–H and O–H groups in total. The molecule has 4 nitrogen and oxygen atoms in total. The summed E-state index contributed by atoms with van der Waals surface area (Å²) in [5, 5.41) is 11.4. The van der Waals surface area contributed by atoms with Crippen molar-refractivity contribution in [2.24, 2.45) is 0 Å². The molecule has 2 heterocycles. The Balaban J connectivity index is 1.85. The van der Waals surface area contributed by atoms with Gasteiger partial charge in [0.05, 0.1) is 5.01 Å². The molecule has 22 heavy (non-hydrogen) atoms. The average Bonchev–Trinajstić information content (AvgIpc) is 3.04. The minimum absolute atomic E-state index is 0.0122. The molecular formula is C16H26N4S2. The fourth-order valence-electron chi connectivity index (χ4n) is 1.96. The van der Waals surface area contributed by atoms with E-state index in [2.05, 4.69) is 55.2 Å². The first-order chi connectivity index (χ1) is 10.2. The highest BCUT2D eigenvalue weighted by Gasteiger charge is 2.20. The number of rotatable bonds is 7. The van der Waals surface area contributed by atoms with E-state index in [4.69, 9.17) is 0 Å². The molecule has 0 aliphatic heterocycles. The number of nitrogens with one attached hydrogen (secondary N) is 2. The maximum absolute atomic E-state index is 4.57. The predicted octanol–water partition coefficient (Wildman–Crippen LogP) is 3.60. The van der Waals surface area contributed by atoms with Gasteiger partial charge in [0.25, 0.3) is 0 Å². The summed E-state index contributed by atoms with van der Waals surface area (Å²) in [6.07, 6.45) is 4.78. The molecule has 0 spiro atoms. The summed E-state index contributed by atoms with van der Waals surface area (Å²) in [5.74, 6) is 0. The molecule has 6 heteroatoms. The van der Waals surface area contributed by atoms with Gasteiger partial charge in [-0.2, -0.15) is 0 Å². The zero-order valence-corrected chi connectivity index (χ0v) is 15.7. The molecular weight excluding hydrogens is 312 g/mol. The van der Waals surface area contributed by atoms with E-state index < -0.39 is 0 Å². The second-order valence-corrected chi connectivity index (χ2v) is 9.34. The molecule has 0 amide bonds. The molecule has 0 unspecified atom stereocenters. The van der Waals surface area contributed by atoms with Crippen LogP contribution in [-0.4, -0.2) is 21.0 Å². The summed E-state index contributed by atoms with van der Waals surface area (Å²) in [7, 11) is 0. The summed E-state index contributed by atoms with van der Waals surface area (Å²) in [6, 6.07) is 0. The van der Waals surface area contributed by atoms with Gasteiger partial charge in [-0.25, -0.2) is 9.97 Å². The summed E-state index contributed by atoms with van der Waals surface area (Å²) in [6.45, 7) is 12.7. The summed E-state index contributed by atoms with van der Waals surface area (Å²) >= 11 is 3.49. The zero-order chi connectivity index (χ0) is 16.2. The van der Waals surface area contributed by atoms with Gasteiger partial charge < -0.3 is 10.6 Å². The van der Waals surface area contributed by atoms with Gasteiger partial charge in [0.2, 0.25) is 0 Å². The largest absolute Gasteiger partial charge is 0.307 e. The van der Waals surface area contributed by atoms with Crippen molar-refractivity contribution in [3.8, 4) is 0 Å². The van der Waals surface area contributed by atoms with Gasteiger partial charge in [0.1, 0.15) is 5.01 Å². The minimum Gasteiger partial charge on any atom is -0.307 e. The van der Waals surface area contributed by atoms with Crippen molar-refractivity contribution in [1.29, 1.82) is 0 Å². The summed E-state index contributed by atoms with van der Waals surface area (Å²) in [4.78, 5) is 10.2. The Morgan fingerprint density at radius 3 is 2.41 bits per heavy atom. The van der Waals surface area contributed by atoms with Crippen LogP contribution in [0.1, 0.15) is 49.5 Å². The van der Waals surface area contributed by atoms with E-state index >= 15 is 0 Å². The lowest BCUT2D eigenvalue weighted by Crippen LogP contribution is -2.40. The fraction of sp³-hybridized carbons (Fsp3) is 0.625. The van der Waals surface area contributed by atoms with E-state index in [-0.39, 0.29) is 11.1 Å². The highest BCUT2D eigenvalue weighted by Crippen LogP contribution is 2.20. The molecule has 0 aliphatic carbocycles. The number of thiazole rings is 2. The minimum atomic E-state index is 0.0122. The van der Waals surface area contributed by atoms with Gasteiger partial charge >= 0.3 is 0 Å². The van der Waals surface area contributed by atoms with Crippen LogP contribution in [0.15, 0.2) is 17.8 Å². The molecule has 0 aromatic carbocycles. The monoisotopic (exact) mass is 338 g/mol. The maximum Gasteiger partial charge on any atom is 0.106 e. The van der Waals surface area contributed by atoms with Crippen molar-refractivity contribution in [1.82, 2.24) is 20.6 Å². The van der Waals surface area contributed by atoms with Crippen LogP contribution in [0, 0.1) is 0 Å². The molecule has 2 aromatic rings. The van der Waals surface area contributed by atoms with Crippen LogP contribution in [0.5, 0.6) is 0 Å². The number of hydrogen-bond donors (Lipinski definition) is 2. The van der Waals surface area contributed by atoms with Crippen molar-refractivity contribution < 1.29 is 0 Å². The van der Waals surface area contributed by atoms with Crippen LogP contribution in [0.2, 0.25) is 0 Å². The first-order valence-electron chi connectivity index (χ1n) is 7.56. The van der Waals surface area contributed by atoms with Crippen LogP contribution in [0.25, 0.3) is 0 Å². The molecule has 0 saturated heterocycles. The number of hydrogen-bond acceptors (Lipinski definition) is 6. The van der Waals surface area contributed by atoms with E-state index in [1.807, 2.05) is 17.8 Å². The lowest BCUT2D eigenvalue weighted by Gasteiger charge is -2.24. The van der Waals surface area contributed by atoms with Crippen LogP contribution in [0.4, 0.5) is 0 Å². The molecule has 0 aliphatic rings. The van der Waals surface area contributed by atoms with E-state index in [9.17, 15) is 0 Å². The fourth-order valence-corrected chi connectivity index (χ4v) is 3.61.